The Bertz CT molecular complexity index is 315. The first-order valence-electron chi connectivity index (χ1n) is 4.70. The number of rotatable bonds is 5. The molecule has 1 aromatic heterocycles. The molecule has 2 N–H and O–H groups in total. The lowest BCUT2D eigenvalue weighted by atomic mass is 10.3. The van der Waals surface area contributed by atoms with E-state index in [1.807, 2.05) is 25.1 Å². The van der Waals surface area contributed by atoms with E-state index in [-0.39, 0.29) is 0 Å². The van der Waals surface area contributed by atoms with E-state index in [0.717, 1.165) is 17.8 Å². The second kappa shape index (κ2) is 5.88. The molecule has 1 unspecified atom stereocenters. The van der Waals surface area contributed by atoms with Crippen molar-refractivity contribution < 1.29 is 4.21 Å². The van der Waals surface area contributed by atoms with Crippen molar-refractivity contribution in [3.05, 3.63) is 29.6 Å². The van der Waals surface area contributed by atoms with Crippen LogP contribution in [0.3, 0.4) is 0 Å². The summed E-state index contributed by atoms with van der Waals surface area (Å²) in [6.07, 6.45) is 0.818. The van der Waals surface area contributed by atoms with Gasteiger partial charge in [0, 0.05) is 22.2 Å². The number of hydrogen-bond acceptors (Lipinski definition) is 3. The minimum absolute atomic E-state index is 0.543. The number of aromatic nitrogens is 1. The third-order valence-corrected chi connectivity index (χ3v) is 3.19. The van der Waals surface area contributed by atoms with Crippen LogP contribution in [0.2, 0.25) is 0 Å². The summed E-state index contributed by atoms with van der Waals surface area (Å²) in [4.78, 5) is 4.30. The minimum Gasteiger partial charge on any atom is -0.330 e. The van der Waals surface area contributed by atoms with Crippen LogP contribution in [0, 0.1) is 6.92 Å². The van der Waals surface area contributed by atoms with Gasteiger partial charge in [0.1, 0.15) is 0 Å². The smallest absolute Gasteiger partial charge is 0.0658 e. The highest BCUT2D eigenvalue weighted by Crippen LogP contribution is 2.02. The average Bonchev–Trinajstić information content (AvgIpc) is 2.15. The van der Waals surface area contributed by atoms with Crippen molar-refractivity contribution in [3.63, 3.8) is 0 Å². The Kier molecular flexibility index (Phi) is 4.76. The fourth-order valence-corrected chi connectivity index (χ4v) is 2.28. The van der Waals surface area contributed by atoms with Gasteiger partial charge in [-0.15, -0.1) is 0 Å². The number of hydrogen-bond donors (Lipinski definition) is 1. The van der Waals surface area contributed by atoms with Gasteiger partial charge >= 0.3 is 0 Å². The maximum absolute atomic E-state index is 11.5. The summed E-state index contributed by atoms with van der Waals surface area (Å²) >= 11 is 0. The highest BCUT2D eigenvalue weighted by atomic mass is 32.2. The van der Waals surface area contributed by atoms with Crippen LogP contribution in [-0.2, 0) is 16.6 Å². The van der Waals surface area contributed by atoms with Crippen molar-refractivity contribution in [2.24, 2.45) is 5.73 Å². The van der Waals surface area contributed by atoms with E-state index >= 15 is 0 Å². The lowest BCUT2D eigenvalue weighted by molar-refractivity contribution is 0.679. The molecule has 1 aromatic rings. The number of pyridine rings is 1. The molecule has 1 heterocycles. The number of aryl methyl sites for hydroxylation is 1. The van der Waals surface area contributed by atoms with Crippen molar-refractivity contribution >= 4 is 10.8 Å². The van der Waals surface area contributed by atoms with Crippen LogP contribution in [0.4, 0.5) is 0 Å². The topological polar surface area (TPSA) is 56.0 Å². The number of nitrogens with two attached hydrogens (primary N) is 1. The van der Waals surface area contributed by atoms with Gasteiger partial charge < -0.3 is 5.73 Å². The summed E-state index contributed by atoms with van der Waals surface area (Å²) < 4.78 is 11.5. The second-order valence-corrected chi connectivity index (χ2v) is 4.78. The van der Waals surface area contributed by atoms with Gasteiger partial charge in [-0.2, -0.15) is 0 Å². The van der Waals surface area contributed by atoms with Gasteiger partial charge in [0.05, 0.1) is 11.4 Å². The normalized spacial score (nSPS) is 12.7. The lowest BCUT2D eigenvalue weighted by Crippen LogP contribution is -2.08. The van der Waals surface area contributed by atoms with Crippen LogP contribution in [-0.4, -0.2) is 21.5 Å². The van der Waals surface area contributed by atoms with Gasteiger partial charge in [0.2, 0.25) is 0 Å². The van der Waals surface area contributed by atoms with E-state index in [0.29, 0.717) is 18.1 Å². The summed E-state index contributed by atoms with van der Waals surface area (Å²) in [6, 6.07) is 5.79. The first kappa shape index (κ1) is 11.3. The predicted octanol–water partition coefficient (Wildman–Crippen LogP) is 0.988. The van der Waals surface area contributed by atoms with Crippen LogP contribution in [0.25, 0.3) is 0 Å². The fraction of sp³-hybridized carbons (Fsp3) is 0.500. The molecule has 0 aliphatic rings. The first-order chi connectivity index (χ1) is 6.72. The molecule has 78 valence electrons. The summed E-state index contributed by atoms with van der Waals surface area (Å²) in [5.41, 5.74) is 7.22. The third-order valence-electron chi connectivity index (χ3n) is 1.83. The molecule has 0 aromatic carbocycles. The van der Waals surface area contributed by atoms with Gasteiger partial charge in [-0.05, 0) is 32.0 Å². The van der Waals surface area contributed by atoms with Crippen molar-refractivity contribution in [2.45, 2.75) is 19.1 Å². The van der Waals surface area contributed by atoms with E-state index in [4.69, 9.17) is 5.73 Å². The van der Waals surface area contributed by atoms with Gasteiger partial charge in [0.25, 0.3) is 0 Å². The van der Waals surface area contributed by atoms with E-state index in [1.54, 1.807) is 0 Å². The molecule has 0 saturated carbocycles. The Morgan fingerprint density at radius 3 is 2.93 bits per heavy atom. The molecule has 0 radical (unpaired) electrons. The summed E-state index contributed by atoms with van der Waals surface area (Å²) in [5.74, 6) is 1.22. The lowest BCUT2D eigenvalue weighted by Gasteiger charge is -2.01. The van der Waals surface area contributed by atoms with Crippen LogP contribution in [0.15, 0.2) is 18.2 Å². The molecule has 1 atom stereocenters. The van der Waals surface area contributed by atoms with Crippen molar-refractivity contribution in [2.75, 3.05) is 12.3 Å². The fourth-order valence-electron chi connectivity index (χ4n) is 1.16. The monoisotopic (exact) mass is 212 g/mol. The van der Waals surface area contributed by atoms with Crippen molar-refractivity contribution in [1.29, 1.82) is 0 Å². The predicted molar refractivity (Wildman–Crippen MR) is 59.4 cm³/mol. The van der Waals surface area contributed by atoms with Crippen molar-refractivity contribution in [1.82, 2.24) is 4.98 Å². The zero-order valence-electron chi connectivity index (χ0n) is 8.40. The average molecular weight is 212 g/mol. The molecule has 0 saturated heterocycles. The quantitative estimate of drug-likeness (QED) is 0.792. The Labute approximate surface area is 87.2 Å². The van der Waals surface area contributed by atoms with Gasteiger partial charge in [0.15, 0.2) is 0 Å². The molecular formula is C10H16N2OS. The Morgan fingerprint density at radius 1 is 1.50 bits per heavy atom. The SMILES string of the molecule is Cc1cccc(CS(=O)CCCN)n1. The van der Waals surface area contributed by atoms with Crippen LogP contribution in [0.5, 0.6) is 0 Å². The molecule has 0 fully saturated rings. The van der Waals surface area contributed by atoms with Crippen LogP contribution < -0.4 is 5.73 Å². The molecule has 0 spiro atoms. The van der Waals surface area contributed by atoms with Crippen molar-refractivity contribution in [3.8, 4) is 0 Å². The molecule has 4 heteroatoms. The highest BCUT2D eigenvalue weighted by molar-refractivity contribution is 7.84. The van der Waals surface area contributed by atoms with Crippen LogP contribution >= 0.6 is 0 Å². The zero-order chi connectivity index (χ0) is 10.4. The molecule has 3 nitrogen and oxygen atoms in total. The number of nitrogens with zero attached hydrogens (tertiary/aromatic N) is 1. The molecule has 0 bridgehead atoms. The van der Waals surface area contributed by atoms with E-state index in [1.165, 1.54) is 0 Å². The highest BCUT2D eigenvalue weighted by Gasteiger charge is 2.02. The largest absolute Gasteiger partial charge is 0.330 e. The van der Waals surface area contributed by atoms with Crippen LogP contribution in [0.1, 0.15) is 17.8 Å². The second-order valence-electron chi connectivity index (χ2n) is 3.20. The standard InChI is InChI=1S/C10H16N2OS/c1-9-4-2-5-10(12-9)8-14(13)7-3-6-11/h2,4-5H,3,6-8,11H2,1H3. The Balaban J connectivity index is 2.47. The van der Waals surface area contributed by atoms with Gasteiger partial charge in [-0.25, -0.2) is 0 Å². The van der Waals surface area contributed by atoms with E-state index < -0.39 is 10.8 Å². The van der Waals surface area contributed by atoms with E-state index in [9.17, 15) is 4.21 Å². The maximum Gasteiger partial charge on any atom is 0.0658 e. The first-order valence-corrected chi connectivity index (χ1v) is 6.19. The molecular weight excluding hydrogens is 196 g/mol. The Morgan fingerprint density at radius 2 is 2.29 bits per heavy atom. The third kappa shape index (κ3) is 3.98. The minimum atomic E-state index is -0.822. The maximum atomic E-state index is 11.5. The van der Waals surface area contributed by atoms with Gasteiger partial charge in [-0.3, -0.25) is 9.19 Å². The molecule has 0 aliphatic heterocycles. The Hall–Kier alpha value is -0.740. The van der Waals surface area contributed by atoms with E-state index in [2.05, 4.69) is 4.98 Å². The zero-order valence-corrected chi connectivity index (χ0v) is 9.22. The summed E-state index contributed by atoms with van der Waals surface area (Å²) in [5, 5.41) is 0. The molecule has 0 aliphatic carbocycles. The summed E-state index contributed by atoms with van der Waals surface area (Å²) in [6.45, 7) is 2.54. The molecule has 0 amide bonds. The summed E-state index contributed by atoms with van der Waals surface area (Å²) in [7, 11) is -0.822. The molecule has 14 heavy (non-hydrogen) atoms. The van der Waals surface area contributed by atoms with Gasteiger partial charge in [-0.1, -0.05) is 6.07 Å². The molecule has 1 rings (SSSR count).